The predicted molar refractivity (Wildman–Crippen MR) is 94.9 cm³/mol. The third kappa shape index (κ3) is 3.79. The Kier molecular flexibility index (Phi) is 5.20. The van der Waals surface area contributed by atoms with Gasteiger partial charge >= 0.3 is 0 Å². The lowest BCUT2D eigenvalue weighted by molar-refractivity contribution is 0.0950. The first-order valence-electron chi connectivity index (χ1n) is 8.55. The van der Waals surface area contributed by atoms with Crippen molar-refractivity contribution in [3.8, 4) is 11.3 Å². The number of likely N-dealkylation sites (tertiary alicyclic amines) is 1. The van der Waals surface area contributed by atoms with Crippen LogP contribution in [-0.2, 0) is 0 Å². The van der Waals surface area contributed by atoms with Crippen LogP contribution in [0.4, 0.5) is 0 Å². The van der Waals surface area contributed by atoms with Crippen LogP contribution in [0.5, 0.6) is 0 Å². The quantitative estimate of drug-likeness (QED) is 0.918. The van der Waals surface area contributed by atoms with Crippen LogP contribution in [-0.4, -0.2) is 47.2 Å². The third-order valence-corrected chi connectivity index (χ3v) is 4.67. The highest BCUT2D eigenvalue weighted by molar-refractivity contribution is 5.95. The summed E-state index contributed by atoms with van der Waals surface area (Å²) in [5, 5.41) is 11.3. The number of nitrogens with zero attached hydrogens (tertiary/aromatic N) is 3. The van der Waals surface area contributed by atoms with Crippen molar-refractivity contribution >= 4 is 5.91 Å². The average Bonchev–Trinajstić information content (AvgIpc) is 3.11. The standard InChI is InChI=1S/C19H24N4O/c1-14-13-21-22-18(15(14)2)16-6-5-7-17(12-16)19(24)20-8-11-23-9-3-4-10-23/h5-7,12-13H,3-4,8-11H2,1-2H3,(H,20,24). The monoisotopic (exact) mass is 324 g/mol. The molecule has 126 valence electrons. The molecule has 1 aromatic heterocycles. The van der Waals surface area contributed by atoms with Gasteiger partial charge in [-0.15, -0.1) is 0 Å². The first-order valence-corrected chi connectivity index (χ1v) is 8.55. The number of amides is 1. The van der Waals surface area contributed by atoms with E-state index in [-0.39, 0.29) is 5.91 Å². The van der Waals surface area contributed by atoms with E-state index >= 15 is 0 Å². The summed E-state index contributed by atoms with van der Waals surface area (Å²) < 4.78 is 0. The van der Waals surface area contributed by atoms with Crippen molar-refractivity contribution in [2.75, 3.05) is 26.2 Å². The topological polar surface area (TPSA) is 58.1 Å². The number of hydrogen-bond donors (Lipinski definition) is 1. The molecule has 0 unspecified atom stereocenters. The Bertz CT molecular complexity index is 723. The van der Waals surface area contributed by atoms with Gasteiger partial charge in [-0.3, -0.25) is 4.79 Å². The van der Waals surface area contributed by atoms with Gasteiger partial charge in [-0.1, -0.05) is 12.1 Å². The van der Waals surface area contributed by atoms with Crippen LogP contribution >= 0.6 is 0 Å². The average molecular weight is 324 g/mol. The van der Waals surface area contributed by atoms with Gasteiger partial charge in [0, 0.05) is 24.2 Å². The van der Waals surface area contributed by atoms with Gasteiger partial charge in [0.15, 0.2) is 0 Å². The molecule has 3 rings (SSSR count). The highest BCUT2D eigenvalue weighted by atomic mass is 16.1. The lowest BCUT2D eigenvalue weighted by Crippen LogP contribution is -2.33. The van der Waals surface area contributed by atoms with Crippen molar-refractivity contribution in [2.45, 2.75) is 26.7 Å². The van der Waals surface area contributed by atoms with E-state index in [0.29, 0.717) is 12.1 Å². The van der Waals surface area contributed by atoms with Gasteiger partial charge in [-0.05, 0) is 63.0 Å². The maximum absolute atomic E-state index is 12.4. The van der Waals surface area contributed by atoms with Crippen LogP contribution < -0.4 is 5.32 Å². The van der Waals surface area contributed by atoms with Crippen molar-refractivity contribution in [3.05, 3.63) is 47.2 Å². The molecule has 0 spiro atoms. The van der Waals surface area contributed by atoms with Crippen molar-refractivity contribution in [1.29, 1.82) is 0 Å². The van der Waals surface area contributed by atoms with Crippen molar-refractivity contribution < 1.29 is 4.79 Å². The molecule has 1 aromatic carbocycles. The first-order chi connectivity index (χ1) is 11.6. The SMILES string of the molecule is Cc1cnnc(-c2cccc(C(=O)NCCN3CCCC3)c2)c1C. The number of hydrogen-bond acceptors (Lipinski definition) is 4. The predicted octanol–water partition coefficient (Wildman–Crippen LogP) is 2.59. The number of benzene rings is 1. The number of carbonyl (C=O) groups excluding carboxylic acids is 1. The van der Waals surface area contributed by atoms with Gasteiger partial charge in [-0.25, -0.2) is 0 Å². The molecule has 1 amide bonds. The fourth-order valence-corrected chi connectivity index (χ4v) is 3.05. The molecule has 1 fully saturated rings. The minimum Gasteiger partial charge on any atom is -0.351 e. The molecular formula is C19H24N4O. The molecule has 0 aliphatic carbocycles. The van der Waals surface area contributed by atoms with Gasteiger partial charge < -0.3 is 10.2 Å². The molecular weight excluding hydrogens is 300 g/mol. The van der Waals surface area contributed by atoms with Crippen LogP contribution in [0.2, 0.25) is 0 Å². The molecule has 1 aliphatic heterocycles. The molecule has 0 bridgehead atoms. The van der Waals surface area contributed by atoms with Gasteiger partial charge in [0.1, 0.15) is 0 Å². The van der Waals surface area contributed by atoms with E-state index < -0.39 is 0 Å². The molecule has 2 heterocycles. The Hall–Kier alpha value is -2.27. The number of aryl methyl sites for hydroxylation is 1. The minimum absolute atomic E-state index is 0.0330. The second-order valence-electron chi connectivity index (χ2n) is 6.39. The zero-order chi connectivity index (χ0) is 16.9. The number of nitrogens with one attached hydrogen (secondary N) is 1. The molecule has 0 saturated carbocycles. The van der Waals surface area contributed by atoms with Crippen molar-refractivity contribution in [1.82, 2.24) is 20.4 Å². The van der Waals surface area contributed by atoms with Crippen LogP contribution in [0.3, 0.4) is 0 Å². The molecule has 5 nitrogen and oxygen atoms in total. The van der Waals surface area contributed by atoms with Crippen LogP contribution in [0, 0.1) is 13.8 Å². The largest absolute Gasteiger partial charge is 0.351 e. The van der Waals surface area contributed by atoms with Gasteiger partial charge in [0.2, 0.25) is 0 Å². The van der Waals surface area contributed by atoms with Gasteiger partial charge in [0.05, 0.1) is 11.9 Å². The van der Waals surface area contributed by atoms with E-state index in [1.807, 2.05) is 38.1 Å². The first kappa shape index (κ1) is 16.6. The van der Waals surface area contributed by atoms with E-state index in [9.17, 15) is 4.79 Å². The summed E-state index contributed by atoms with van der Waals surface area (Å²) >= 11 is 0. The molecule has 24 heavy (non-hydrogen) atoms. The number of aromatic nitrogens is 2. The minimum atomic E-state index is -0.0330. The normalized spacial score (nSPS) is 14.8. The Labute approximate surface area is 143 Å². The molecule has 2 aromatic rings. The van der Waals surface area contributed by atoms with E-state index in [1.54, 1.807) is 6.20 Å². The Morgan fingerprint density at radius 3 is 2.83 bits per heavy atom. The van der Waals surface area contributed by atoms with Crippen molar-refractivity contribution in [3.63, 3.8) is 0 Å². The van der Waals surface area contributed by atoms with Crippen molar-refractivity contribution in [2.24, 2.45) is 0 Å². The summed E-state index contributed by atoms with van der Waals surface area (Å²) in [5.74, 6) is -0.0330. The Morgan fingerprint density at radius 2 is 2.04 bits per heavy atom. The second kappa shape index (κ2) is 7.53. The smallest absolute Gasteiger partial charge is 0.251 e. The molecule has 0 atom stereocenters. The van der Waals surface area contributed by atoms with E-state index in [1.165, 1.54) is 12.8 Å². The summed E-state index contributed by atoms with van der Waals surface area (Å²) in [5.41, 5.74) is 4.62. The summed E-state index contributed by atoms with van der Waals surface area (Å²) in [6.07, 6.45) is 4.30. The summed E-state index contributed by atoms with van der Waals surface area (Å²) in [7, 11) is 0. The van der Waals surface area contributed by atoms with E-state index in [4.69, 9.17) is 0 Å². The second-order valence-corrected chi connectivity index (χ2v) is 6.39. The lowest BCUT2D eigenvalue weighted by atomic mass is 10.0. The van der Waals surface area contributed by atoms with E-state index in [0.717, 1.165) is 42.0 Å². The van der Waals surface area contributed by atoms with Gasteiger partial charge in [0.25, 0.3) is 5.91 Å². The summed E-state index contributed by atoms with van der Waals surface area (Å²) in [4.78, 5) is 14.8. The summed E-state index contributed by atoms with van der Waals surface area (Å²) in [6, 6.07) is 7.60. The third-order valence-electron chi connectivity index (χ3n) is 4.67. The Balaban J connectivity index is 1.68. The van der Waals surface area contributed by atoms with Crippen LogP contribution in [0.1, 0.15) is 34.3 Å². The van der Waals surface area contributed by atoms with Crippen LogP contribution in [0.15, 0.2) is 30.5 Å². The molecule has 1 N–H and O–H groups in total. The molecule has 1 aliphatic rings. The maximum atomic E-state index is 12.4. The highest BCUT2D eigenvalue weighted by Crippen LogP contribution is 2.23. The zero-order valence-corrected chi connectivity index (χ0v) is 14.4. The maximum Gasteiger partial charge on any atom is 0.251 e. The fourth-order valence-electron chi connectivity index (χ4n) is 3.05. The highest BCUT2D eigenvalue weighted by Gasteiger charge is 2.13. The molecule has 0 radical (unpaired) electrons. The fraction of sp³-hybridized carbons (Fsp3) is 0.421. The lowest BCUT2D eigenvalue weighted by Gasteiger charge is -2.15. The van der Waals surface area contributed by atoms with Gasteiger partial charge in [-0.2, -0.15) is 10.2 Å². The van der Waals surface area contributed by atoms with Crippen LogP contribution in [0.25, 0.3) is 11.3 Å². The summed E-state index contributed by atoms with van der Waals surface area (Å²) in [6.45, 7) is 7.96. The number of carbonyl (C=O) groups is 1. The number of rotatable bonds is 5. The molecule has 1 saturated heterocycles. The molecule has 5 heteroatoms. The van der Waals surface area contributed by atoms with E-state index in [2.05, 4.69) is 20.4 Å². The zero-order valence-electron chi connectivity index (χ0n) is 14.4. The Morgan fingerprint density at radius 1 is 1.25 bits per heavy atom.